The number of allylic oxidation sites excluding steroid dienone is 14. The summed E-state index contributed by atoms with van der Waals surface area (Å²) in [5.74, 6) is -0.495. The average Bonchev–Trinajstić information content (AvgIpc) is 3.27. The summed E-state index contributed by atoms with van der Waals surface area (Å²) in [5.41, 5.74) is 0. The summed E-state index contributed by atoms with van der Waals surface area (Å²) in [4.78, 5) is 25.3. The monoisotopic (exact) mass is 863 g/mol. The Hall–Kier alpha value is -2.92. The Bertz CT molecular complexity index is 1160. The molecule has 62 heavy (non-hydrogen) atoms. The van der Waals surface area contributed by atoms with Crippen LogP contribution in [0.5, 0.6) is 0 Å². The molecular weight excluding hydrogens is 765 g/mol. The summed E-state index contributed by atoms with van der Waals surface area (Å²) in [6.45, 7) is 7.62. The lowest BCUT2D eigenvalue weighted by Crippen LogP contribution is -2.30. The standard InChI is InChI=1S/C57H98O5/c1-4-7-10-13-16-19-22-24-26-28-29-30-31-33-36-39-42-45-48-51-57(59)62-55(54-61-56(58)50-47-44-41-38-35-21-18-15-12-9-6-3)53-60-52-49-46-43-40-37-34-32-27-25-23-20-17-14-11-8-5-2/h7,10,16,19,24-27,29-30,33,36,42,45,55H,4-6,8-9,11-15,17-18,20-23,28,31-32,34-35,37-41,43-44,46-54H2,1-3H3/b10-7-,19-16-,26-24-,27-25-,30-29-,36-33-,45-42-/t55-/m1/s1. The third kappa shape index (κ3) is 49.7. The van der Waals surface area contributed by atoms with Gasteiger partial charge in [0, 0.05) is 19.4 Å². The Labute approximate surface area is 384 Å². The Balaban J connectivity index is 4.39. The van der Waals surface area contributed by atoms with E-state index in [4.69, 9.17) is 14.2 Å². The first-order valence-corrected chi connectivity index (χ1v) is 26.1. The molecular formula is C57H98O5. The van der Waals surface area contributed by atoms with Crippen molar-refractivity contribution in [2.75, 3.05) is 19.8 Å². The van der Waals surface area contributed by atoms with Gasteiger partial charge in [0.2, 0.25) is 0 Å². The number of hydrogen-bond acceptors (Lipinski definition) is 5. The molecule has 0 heterocycles. The fourth-order valence-corrected chi connectivity index (χ4v) is 7.06. The Morgan fingerprint density at radius 2 is 0.758 bits per heavy atom. The van der Waals surface area contributed by atoms with Gasteiger partial charge in [-0.15, -0.1) is 0 Å². The molecule has 0 N–H and O–H groups in total. The number of rotatable bonds is 47. The lowest BCUT2D eigenvalue weighted by molar-refractivity contribution is -0.162. The Morgan fingerprint density at radius 1 is 0.371 bits per heavy atom. The van der Waals surface area contributed by atoms with Crippen LogP contribution >= 0.6 is 0 Å². The van der Waals surface area contributed by atoms with Crippen LogP contribution in [0.4, 0.5) is 0 Å². The van der Waals surface area contributed by atoms with Crippen molar-refractivity contribution in [3.05, 3.63) is 85.1 Å². The molecule has 5 heteroatoms. The summed E-state index contributed by atoms with van der Waals surface area (Å²) < 4.78 is 17.3. The zero-order valence-corrected chi connectivity index (χ0v) is 40.9. The van der Waals surface area contributed by atoms with Crippen LogP contribution in [0.1, 0.15) is 239 Å². The molecule has 0 aromatic rings. The quantitative estimate of drug-likeness (QED) is 0.0346. The van der Waals surface area contributed by atoms with E-state index in [0.717, 1.165) is 64.2 Å². The van der Waals surface area contributed by atoms with Crippen molar-refractivity contribution in [3.63, 3.8) is 0 Å². The molecule has 0 saturated carbocycles. The molecule has 0 bridgehead atoms. The minimum Gasteiger partial charge on any atom is -0.462 e. The maximum atomic E-state index is 12.8. The van der Waals surface area contributed by atoms with E-state index in [0.29, 0.717) is 25.9 Å². The Kier molecular flexibility index (Phi) is 50.0. The van der Waals surface area contributed by atoms with Gasteiger partial charge in [-0.3, -0.25) is 9.59 Å². The van der Waals surface area contributed by atoms with Gasteiger partial charge in [0.1, 0.15) is 6.61 Å². The van der Waals surface area contributed by atoms with Gasteiger partial charge in [0.15, 0.2) is 6.10 Å². The van der Waals surface area contributed by atoms with Crippen LogP contribution in [0.25, 0.3) is 0 Å². The van der Waals surface area contributed by atoms with Crippen LogP contribution in [0.3, 0.4) is 0 Å². The van der Waals surface area contributed by atoms with Crippen LogP contribution in [0.15, 0.2) is 85.1 Å². The van der Waals surface area contributed by atoms with E-state index in [9.17, 15) is 9.59 Å². The molecule has 0 unspecified atom stereocenters. The first-order chi connectivity index (χ1) is 30.6. The second-order valence-corrected chi connectivity index (χ2v) is 17.0. The number of esters is 2. The molecule has 0 rings (SSSR count). The fourth-order valence-electron chi connectivity index (χ4n) is 7.06. The zero-order valence-electron chi connectivity index (χ0n) is 40.9. The number of carbonyl (C=O) groups is 2. The molecule has 0 amide bonds. The molecule has 1 atom stereocenters. The van der Waals surface area contributed by atoms with Crippen molar-refractivity contribution in [2.45, 2.75) is 245 Å². The summed E-state index contributed by atoms with van der Waals surface area (Å²) in [6, 6.07) is 0. The maximum Gasteiger partial charge on any atom is 0.306 e. The average molecular weight is 863 g/mol. The SMILES string of the molecule is CC/C=C\C/C=C\C/C=C\C/C=C\C/C=C\C/C=C\CCC(=O)O[C@H](COCCCCCCCC/C=C\CCCCCCCC)COC(=O)CCCCCCCCCCCCC. The lowest BCUT2D eigenvalue weighted by atomic mass is 10.1. The summed E-state index contributed by atoms with van der Waals surface area (Å²) >= 11 is 0. The van der Waals surface area contributed by atoms with Crippen molar-refractivity contribution in [1.29, 1.82) is 0 Å². The van der Waals surface area contributed by atoms with Crippen molar-refractivity contribution < 1.29 is 23.8 Å². The van der Waals surface area contributed by atoms with E-state index in [1.165, 1.54) is 135 Å². The smallest absolute Gasteiger partial charge is 0.306 e. The fraction of sp³-hybridized carbons (Fsp3) is 0.719. The van der Waals surface area contributed by atoms with Crippen molar-refractivity contribution >= 4 is 11.9 Å². The third-order valence-electron chi connectivity index (χ3n) is 10.9. The topological polar surface area (TPSA) is 61.8 Å². The molecule has 5 nitrogen and oxygen atoms in total. The van der Waals surface area contributed by atoms with E-state index in [2.05, 4.69) is 99.8 Å². The third-order valence-corrected chi connectivity index (χ3v) is 10.9. The van der Waals surface area contributed by atoms with E-state index in [1.807, 2.05) is 6.08 Å². The van der Waals surface area contributed by atoms with E-state index in [1.54, 1.807) is 0 Å². The van der Waals surface area contributed by atoms with Crippen LogP contribution in [-0.4, -0.2) is 37.9 Å². The molecule has 0 aromatic carbocycles. The van der Waals surface area contributed by atoms with Gasteiger partial charge in [-0.25, -0.2) is 0 Å². The highest BCUT2D eigenvalue weighted by atomic mass is 16.6. The highest BCUT2D eigenvalue weighted by Crippen LogP contribution is 2.14. The van der Waals surface area contributed by atoms with Gasteiger partial charge in [0.25, 0.3) is 0 Å². The minimum absolute atomic E-state index is 0.0515. The predicted molar refractivity (Wildman–Crippen MR) is 270 cm³/mol. The number of hydrogen-bond donors (Lipinski definition) is 0. The first kappa shape index (κ1) is 59.1. The molecule has 356 valence electrons. The maximum absolute atomic E-state index is 12.8. The van der Waals surface area contributed by atoms with Gasteiger partial charge in [-0.1, -0.05) is 228 Å². The largest absolute Gasteiger partial charge is 0.462 e. The lowest BCUT2D eigenvalue weighted by Gasteiger charge is -2.18. The van der Waals surface area contributed by atoms with Crippen LogP contribution < -0.4 is 0 Å². The second kappa shape index (κ2) is 52.4. The highest BCUT2D eigenvalue weighted by Gasteiger charge is 2.17. The van der Waals surface area contributed by atoms with Crippen molar-refractivity contribution in [2.24, 2.45) is 0 Å². The van der Waals surface area contributed by atoms with Crippen molar-refractivity contribution in [3.8, 4) is 0 Å². The first-order valence-electron chi connectivity index (χ1n) is 26.1. The summed E-state index contributed by atoms with van der Waals surface area (Å²) in [6.07, 6.45) is 68.9. The van der Waals surface area contributed by atoms with E-state index in [-0.39, 0.29) is 25.2 Å². The molecule has 0 aliphatic rings. The predicted octanol–water partition coefficient (Wildman–Crippen LogP) is 17.7. The van der Waals surface area contributed by atoms with Gasteiger partial charge in [-0.05, 0) is 83.5 Å². The van der Waals surface area contributed by atoms with Gasteiger partial charge in [0.05, 0.1) is 6.61 Å². The van der Waals surface area contributed by atoms with Crippen LogP contribution in [0, 0.1) is 0 Å². The molecule has 0 aromatic heterocycles. The van der Waals surface area contributed by atoms with E-state index >= 15 is 0 Å². The number of ether oxygens (including phenoxy) is 3. The normalized spacial score (nSPS) is 12.9. The van der Waals surface area contributed by atoms with Crippen LogP contribution in [-0.2, 0) is 23.8 Å². The summed E-state index contributed by atoms with van der Waals surface area (Å²) in [7, 11) is 0. The molecule has 0 aliphatic heterocycles. The molecule has 0 spiro atoms. The molecule has 0 radical (unpaired) electrons. The minimum atomic E-state index is -0.580. The Morgan fingerprint density at radius 3 is 1.23 bits per heavy atom. The van der Waals surface area contributed by atoms with Gasteiger partial charge in [-0.2, -0.15) is 0 Å². The second-order valence-electron chi connectivity index (χ2n) is 17.0. The number of unbranched alkanes of at least 4 members (excludes halogenated alkanes) is 22. The zero-order chi connectivity index (χ0) is 44.9. The summed E-state index contributed by atoms with van der Waals surface area (Å²) in [5, 5.41) is 0. The molecule has 0 fully saturated rings. The van der Waals surface area contributed by atoms with Crippen LogP contribution in [0.2, 0.25) is 0 Å². The highest BCUT2D eigenvalue weighted by molar-refractivity contribution is 5.70. The molecule has 0 aliphatic carbocycles. The van der Waals surface area contributed by atoms with Gasteiger partial charge >= 0.3 is 11.9 Å². The van der Waals surface area contributed by atoms with Gasteiger partial charge < -0.3 is 14.2 Å². The van der Waals surface area contributed by atoms with E-state index < -0.39 is 6.10 Å². The number of carbonyl (C=O) groups excluding carboxylic acids is 2. The molecule has 0 saturated heterocycles. The van der Waals surface area contributed by atoms with Crippen molar-refractivity contribution in [1.82, 2.24) is 0 Å².